The fraction of sp³-hybridized carbons (Fsp3) is 0.900. The molecule has 0 aromatic rings. The van der Waals surface area contributed by atoms with Crippen LogP contribution in [0.25, 0.3) is 0 Å². The lowest BCUT2D eigenvalue weighted by Crippen LogP contribution is -2.34. The summed E-state index contributed by atoms with van der Waals surface area (Å²) in [4.78, 5) is 13.3. The third kappa shape index (κ3) is 4.59. The number of likely N-dealkylation sites (tertiary alicyclic amines) is 1. The molecular weight excluding hydrogens is 196 g/mol. The summed E-state index contributed by atoms with van der Waals surface area (Å²) in [5, 5.41) is 0. The number of nitrogens with zero attached hydrogens (tertiary/aromatic N) is 1. The first-order valence-electron chi connectivity index (χ1n) is 5.43. The molecule has 15 heavy (non-hydrogen) atoms. The van der Waals surface area contributed by atoms with Gasteiger partial charge in [0.25, 0.3) is 0 Å². The number of carbonyl (C=O) groups excluding carboxylic acids is 1. The zero-order valence-corrected chi connectivity index (χ0v) is 9.28. The number of ether oxygens (including phenoxy) is 2. The Morgan fingerprint density at radius 1 is 1.47 bits per heavy atom. The predicted molar refractivity (Wildman–Crippen MR) is 56.5 cm³/mol. The van der Waals surface area contributed by atoms with E-state index in [4.69, 9.17) is 15.2 Å². The van der Waals surface area contributed by atoms with Crippen LogP contribution >= 0.6 is 0 Å². The summed E-state index contributed by atoms with van der Waals surface area (Å²) in [5.74, 6) is 0.0273. The third-order valence-corrected chi connectivity index (χ3v) is 2.38. The molecule has 88 valence electrons. The Bertz CT molecular complexity index is 199. The average molecular weight is 216 g/mol. The van der Waals surface area contributed by atoms with Gasteiger partial charge >= 0.3 is 0 Å². The van der Waals surface area contributed by atoms with Crippen molar-refractivity contribution in [3.63, 3.8) is 0 Å². The van der Waals surface area contributed by atoms with Crippen LogP contribution < -0.4 is 5.73 Å². The number of hydrogen-bond acceptors (Lipinski definition) is 4. The third-order valence-electron chi connectivity index (χ3n) is 2.38. The Kier molecular flexibility index (Phi) is 5.60. The second-order valence-electron chi connectivity index (χ2n) is 3.64. The van der Waals surface area contributed by atoms with Crippen molar-refractivity contribution in [1.82, 2.24) is 4.90 Å². The molecular formula is C10H20N2O3. The van der Waals surface area contributed by atoms with Gasteiger partial charge in [0.1, 0.15) is 6.61 Å². The van der Waals surface area contributed by atoms with Crippen molar-refractivity contribution in [2.75, 3.05) is 39.5 Å². The van der Waals surface area contributed by atoms with Gasteiger partial charge in [-0.05, 0) is 13.3 Å². The van der Waals surface area contributed by atoms with Crippen molar-refractivity contribution in [3.8, 4) is 0 Å². The Hall–Kier alpha value is -0.650. The van der Waals surface area contributed by atoms with E-state index in [0.29, 0.717) is 26.4 Å². The zero-order valence-electron chi connectivity index (χ0n) is 9.28. The molecule has 0 spiro atoms. The molecule has 0 aliphatic carbocycles. The molecule has 1 rings (SSSR count). The minimum Gasteiger partial charge on any atom is -0.379 e. The van der Waals surface area contributed by atoms with Crippen LogP contribution in [0.5, 0.6) is 0 Å². The van der Waals surface area contributed by atoms with E-state index >= 15 is 0 Å². The van der Waals surface area contributed by atoms with Crippen molar-refractivity contribution in [3.05, 3.63) is 0 Å². The van der Waals surface area contributed by atoms with Gasteiger partial charge in [-0.15, -0.1) is 0 Å². The lowest BCUT2D eigenvalue weighted by Gasteiger charge is -2.15. The molecule has 0 aromatic carbocycles. The minimum absolute atomic E-state index is 0.0273. The van der Waals surface area contributed by atoms with Gasteiger partial charge in [0.15, 0.2) is 0 Å². The van der Waals surface area contributed by atoms with E-state index in [1.165, 1.54) is 0 Å². The van der Waals surface area contributed by atoms with E-state index in [1.807, 2.05) is 6.92 Å². The molecule has 1 saturated heterocycles. The van der Waals surface area contributed by atoms with Crippen LogP contribution in [-0.4, -0.2) is 56.4 Å². The first-order chi connectivity index (χ1) is 7.24. The zero-order chi connectivity index (χ0) is 11.1. The quantitative estimate of drug-likeness (QED) is 0.614. The molecule has 1 aliphatic rings. The standard InChI is InChI=1S/C10H20N2O3/c1-2-14-5-6-15-8-10(13)12-4-3-9(11)7-12/h9H,2-8,11H2,1H3/t9-/m0/s1. The highest BCUT2D eigenvalue weighted by atomic mass is 16.5. The molecule has 0 radical (unpaired) electrons. The fourth-order valence-electron chi connectivity index (χ4n) is 1.53. The fourth-order valence-corrected chi connectivity index (χ4v) is 1.53. The largest absolute Gasteiger partial charge is 0.379 e. The van der Waals surface area contributed by atoms with Gasteiger partial charge in [0, 0.05) is 25.7 Å². The number of carbonyl (C=O) groups is 1. The first-order valence-corrected chi connectivity index (χ1v) is 5.43. The second kappa shape index (κ2) is 6.76. The summed E-state index contributed by atoms with van der Waals surface area (Å²) in [5.41, 5.74) is 5.70. The highest BCUT2D eigenvalue weighted by Crippen LogP contribution is 2.06. The first kappa shape index (κ1) is 12.4. The molecule has 1 aliphatic heterocycles. The van der Waals surface area contributed by atoms with E-state index in [0.717, 1.165) is 13.0 Å². The van der Waals surface area contributed by atoms with E-state index in [1.54, 1.807) is 4.90 Å². The summed E-state index contributed by atoms with van der Waals surface area (Å²) < 4.78 is 10.3. The van der Waals surface area contributed by atoms with Crippen molar-refractivity contribution >= 4 is 5.91 Å². The van der Waals surface area contributed by atoms with Crippen LogP contribution in [0.3, 0.4) is 0 Å². The Labute approximate surface area is 90.5 Å². The van der Waals surface area contributed by atoms with Gasteiger partial charge in [0.05, 0.1) is 13.2 Å². The topological polar surface area (TPSA) is 64.8 Å². The monoisotopic (exact) mass is 216 g/mol. The van der Waals surface area contributed by atoms with Crippen LogP contribution in [0.15, 0.2) is 0 Å². The maximum Gasteiger partial charge on any atom is 0.248 e. The van der Waals surface area contributed by atoms with Gasteiger partial charge in [-0.2, -0.15) is 0 Å². The SMILES string of the molecule is CCOCCOCC(=O)N1CC[C@H](N)C1. The lowest BCUT2D eigenvalue weighted by atomic mass is 10.3. The maximum atomic E-state index is 11.5. The molecule has 0 aromatic heterocycles. The summed E-state index contributed by atoms with van der Waals surface area (Å²) in [6, 6.07) is 0.136. The van der Waals surface area contributed by atoms with Crippen molar-refractivity contribution in [2.45, 2.75) is 19.4 Å². The average Bonchev–Trinajstić information content (AvgIpc) is 2.64. The Morgan fingerprint density at radius 3 is 2.80 bits per heavy atom. The molecule has 1 atom stereocenters. The van der Waals surface area contributed by atoms with Gasteiger partial charge < -0.3 is 20.1 Å². The maximum absolute atomic E-state index is 11.5. The Morgan fingerprint density at radius 2 is 2.20 bits per heavy atom. The molecule has 1 heterocycles. The van der Waals surface area contributed by atoms with Crippen LogP contribution in [0.4, 0.5) is 0 Å². The van der Waals surface area contributed by atoms with E-state index < -0.39 is 0 Å². The molecule has 5 heteroatoms. The van der Waals surface area contributed by atoms with Gasteiger partial charge in [-0.3, -0.25) is 4.79 Å². The van der Waals surface area contributed by atoms with Crippen LogP contribution in [-0.2, 0) is 14.3 Å². The summed E-state index contributed by atoms with van der Waals surface area (Å²) in [6.07, 6.45) is 0.894. The van der Waals surface area contributed by atoms with Gasteiger partial charge in [0.2, 0.25) is 5.91 Å². The normalized spacial score (nSPS) is 20.9. The molecule has 1 amide bonds. The van der Waals surface area contributed by atoms with Crippen LogP contribution in [0.1, 0.15) is 13.3 Å². The van der Waals surface area contributed by atoms with Crippen molar-refractivity contribution in [1.29, 1.82) is 0 Å². The van der Waals surface area contributed by atoms with Crippen LogP contribution in [0.2, 0.25) is 0 Å². The summed E-state index contributed by atoms with van der Waals surface area (Å²) in [7, 11) is 0. The number of nitrogens with two attached hydrogens (primary N) is 1. The summed E-state index contributed by atoms with van der Waals surface area (Å²) >= 11 is 0. The predicted octanol–water partition coefficient (Wildman–Crippen LogP) is -0.401. The van der Waals surface area contributed by atoms with Crippen LogP contribution in [0, 0.1) is 0 Å². The lowest BCUT2D eigenvalue weighted by molar-refractivity contribution is -0.135. The number of amides is 1. The number of rotatable bonds is 6. The Balaban J connectivity index is 2.03. The minimum atomic E-state index is 0.0273. The molecule has 1 fully saturated rings. The highest BCUT2D eigenvalue weighted by Gasteiger charge is 2.23. The smallest absolute Gasteiger partial charge is 0.248 e. The van der Waals surface area contributed by atoms with E-state index in [-0.39, 0.29) is 18.6 Å². The molecule has 2 N–H and O–H groups in total. The molecule has 0 bridgehead atoms. The van der Waals surface area contributed by atoms with Gasteiger partial charge in [-0.1, -0.05) is 0 Å². The summed E-state index contributed by atoms with van der Waals surface area (Å²) in [6.45, 7) is 5.18. The van der Waals surface area contributed by atoms with Gasteiger partial charge in [-0.25, -0.2) is 0 Å². The number of hydrogen-bond donors (Lipinski definition) is 1. The highest BCUT2D eigenvalue weighted by molar-refractivity contribution is 5.77. The molecule has 5 nitrogen and oxygen atoms in total. The van der Waals surface area contributed by atoms with Crippen molar-refractivity contribution in [2.24, 2.45) is 5.73 Å². The molecule has 0 saturated carbocycles. The van der Waals surface area contributed by atoms with E-state index in [2.05, 4.69) is 0 Å². The van der Waals surface area contributed by atoms with Crippen molar-refractivity contribution < 1.29 is 14.3 Å². The van der Waals surface area contributed by atoms with E-state index in [9.17, 15) is 4.79 Å². The molecule has 0 unspecified atom stereocenters. The second-order valence-corrected chi connectivity index (χ2v) is 3.64.